The first-order valence-electron chi connectivity index (χ1n) is 6.20. The van der Waals surface area contributed by atoms with Crippen molar-refractivity contribution in [2.45, 2.75) is 22.9 Å². The third-order valence-corrected chi connectivity index (χ3v) is 6.90. The Morgan fingerprint density at radius 2 is 2.37 bits per heavy atom. The average Bonchev–Trinajstić information content (AvgIpc) is 2.89. The van der Waals surface area contributed by atoms with Crippen LogP contribution in [0, 0.1) is 5.92 Å². The molecular weight excluding hydrogens is 306 g/mol. The van der Waals surface area contributed by atoms with Gasteiger partial charge in [-0.05, 0) is 35.8 Å². The van der Waals surface area contributed by atoms with Crippen LogP contribution < -0.4 is 0 Å². The number of nitrogens with zero attached hydrogens (tertiary/aromatic N) is 1. The maximum atomic E-state index is 12.5. The van der Waals surface area contributed by atoms with E-state index < -0.39 is 10.0 Å². The first-order valence-corrected chi connectivity index (χ1v) is 9.06. The molecule has 1 aliphatic rings. The number of halogens is 1. The molecule has 1 fully saturated rings. The van der Waals surface area contributed by atoms with Gasteiger partial charge >= 0.3 is 0 Å². The predicted octanol–water partition coefficient (Wildman–Crippen LogP) is 2.53. The van der Waals surface area contributed by atoms with E-state index >= 15 is 0 Å². The quantitative estimate of drug-likeness (QED) is 0.782. The molecule has 0 spiro atoms. The number of rotatable bonds is 5. The molecule has 0 aromatic carbocycles. The summed E-state index contributed by atoms with van der Waals surface area (Å²) in [5, 5.41) is 1.80. The molecule has 1 aromatic heterocycles. The van der Waals surface area contributed by atoms with Crippen LogP contribution in [0.2, 0.25) is 0 Å². The standard InChI is InChI=1S/C12H18ClNO3S2/c1-17-8-10-3-2-4-14(7-10)19(15,16)12-5-11(6-13)9-18-12/h5,9-10H,2-4,6-8H2,1H3. The molecule has 1 aromatic rings. The molecular formula is C12H18ClNO3S2. The summed E-state index contributed by atoms with van der Waals surface area (Å²) in [4.78, 5) is 0. The molecule has 1 atom stereocenters. The molecule has 1 aliphatic heterocycles. The van der Waals surface area contributed by atoms with Crippen LogP contribution in [-0.2, 0) is 20.6 Å². The highest BCUT2D eigenvalue weighted by molar-refractivity contribution is 7.91. The largest absolute Gasteiger partial charge is 0.384 e. The van der Waals surface area contributed by atoms with Crippen molar-refractivity contribution in [3.63, 3.8) is 0 Å². The monoisotopic (exact) mass is 323 g/mol. The normalized spacial score (nSPS) is 21.7. The van der Waals surface area contributed by atoms with Crippen molar-refractivity contribution in [1.82, 2.24) is 4.31 Å². The van der Waals surface area contributed by atoms with Gasteiger partial charge in [0.15, 0.2) is 0 Å². The first-order chi connectivity index (χ1) is 9.07. The maximum absolute atomic E-state index is 12.5. The molecule has 0 amide bonds. The minimum Gasteiger partial charge on any atom is -0.384 e. The molecule has 0 N–H and O–H groups in total. The van der Waals surface area contributed by atoms with E-state index in [4.69, 9.17) is 16.3 Å². The third-order valence-electron chi connectivity index (χ3n) is 3.26. The van der Waals surface area contributed by atoms with Crippen molar-refractivity contribution >= 4 is 33.0 Å². The predicted molar refractivity (Wildman–Crippen MR) is 77.2 cm³/mol. The topological polar surface area (TPSA) is 46.6 Å². The zero-order valence-corrected chi connectivity index (χ0v) is 13.2. The third kappa shape index (κ3) is 3.49. The van der Waals surface area contributed by atoms with Gasteiger partial charge in [-0.15, -0.1) is 22.9 Å². The highest BCUT2D eigenvalue weighted by atomic mass is 35.5. The lowest BCUT2D eigenvalue weighted by atomic mass is 10.0. The lowest BCUT2D eigenvalue weighted by Crippen LogP contribution is -2.40. The van der Waals surface area contributed by atoms with Gasteiger partial charge in [0.05, 0.1) is 6.61 Å². The number of ether oxygens (including phenoxy) is 1. The number of alkyl halides is 1. The second-order valence-corrected chi connectivity index (χ2v) is 8.08. The Balaban J connectivity index is 2.14. The smallest absolute Gasteiger partial charge is 0.252 e. The van der Waals surface area contributed by atoms with E-state index in [0.717, 1.165) is 18.4 Å². The van der Waals surface area contributed by atoms with Gasteiger partial charge in [-0.2, -0.15) is 4.31 Å². The Morgan fingerprint density at radius 3 is 3.00 bits per heavy atom. The average molecular weight is 324 g/mol. The number of hydrogen-bond donors (Lipinski definition) is 0. The van der Waals surface area contributed by atoms with Gasteiger partial charge < -0.3 is 4.74 Å². The summed E-state index contributed by atoms with van der Waals surface area (Å²) in [5.74, 6) is 0.638. The van der Waals surface area contributed by atoms with Crippen molar-refractivity contribution in [3.8, 4) is 0 Å². The summed E-state index contributed by atoms with van der Waals surface area (Å²) in [6.07, 6.45) is 1.91. The van der Waals surface area contributed by atoms with Crippen molar-refractivity contribution in [2.24, 2.45) is 5.92 Å². The summed E-state index contributed by atoms with van der Waals surface area (Å²) in [5.41, 5.74) is 0.857. The zero-order valence-electron chi connectivity index (χ0n) is 10.8. The van der Waals surface area contributed by atoms with Gasteiger partial charge in [0.2, 0.25) is 0 Å². The van der Waals surface area contributed by atoms with Gasteiger partial charge in [0.1, 0.15) is 4.21 Å². The Hall–Kier alpha value is -0.140. The molecule has 7 heteroatoms. The van der Waals surface area contributed by atoms with E-state index in [-0.39, 0.29) is 0 Å². The molecule has 0 radical (unpaired) electrons. The molecule has 0 aliphatic carbocycles. The minimum absolute atomic E-state index is 0.293. The fraction of sp³-hybridized carbons (Fsp3) is 0.667. The fourth-order valence-corrected chi connectivity index (χ4v) is 5.47. The fourth-order valence-electron chi connectivity index (χ4n) is 2.30. The van der Waals surface area contributed by atoms with Crippen LogP contribution in [0.3, 0.4) is 0 Å². The molecule has 2 rings (SSSR count). The SMILES string of the molecule is COCC1CCCN(S(=O)(=O)c2cc(CCl)cs2)C1. The van der Waals surface area contributed by atoms with Crippen LogP contribution in [0.25, 0.3) is 0 Å². The molecule has 108 valence electrons. The summed E-state index contributed by atoms with van der Waals surface area (Å²) >= 11 is 6.97. The van der Waals surface area contributed by atoms with Crippen LogP contribution in [0.5, 0.6) is 0 Å². The van der Waals surface area contributed by atoms with E-state index in [1.54, 1.807) is 22.9 Å². The second-order valence-electron chi connectivity index (χ2n) is 4.73. The molecule has 1 saturated heterocycles. The van der Waals surface area contributed by atoms with Crippen LogP contribution in [0.1, 0.15) is 18.4 Å². The minimum atomic E-state index is -3.36. The Labute approximate surface area is 123 Å². The van der Waals surface area contributed by atoms with Gasteiger partial charge in [0, 0.05) is 26.1 Å². The summed E-state index contributed by atoms with van der Waals surface area (Å²) < 4.78 is 32.1. The van der Waals surface area contributed by atoms with Gasteiger partial charge in [-0.3, -0.25) is 0 Å². The number of methoxy groups -OCH3 is 1. The Morgan fingerprint density at radius 1 is 1.58 bits per heavy atom. The number of thiophene rings is 1. The first kappa shape index (κ1) is 15.3. The molecule has 4 nitrogen and oxygen atoms in total. The van der Waals surface area contributed by atoms with Gasteiger partial charge in [0.25, 0.3) is 10.0 Å². The molecule has 0 saturated carbocycles. The number of piperidine rings is 1. The Kier molecular flexibility index (Phi) is 5.25. The van der Waals surface area contributed by atoms with Crippen LogP contribution in [0.15, 0.2) is 15.7 Å². The number of hydrogen-bond acceptors (Lipinski definition) is 4. The van der Waals surface area contributed by atoms with Gasteiger partial charge in [-0.25, -0.2) is 8.42 Å². The molecule has 0 bridgehead atoms. The van der Waals surface area contributed by atoms with Crippen molar-refractivity contribution in [3.05, 3.63) is 17.0 Å². The lowest BCUT2D eigenvalue weighted by molar-refractivity contribution is 0.118. The Bertz CT molecular complexity index is 513. The van der Waals surface area contributed by atoms with Crippen molar-refractivity contribution in [1.29, 1.82) is 0 Å². The summed E-state index contributed by atoms with van der Waals surface area (Å²) in [6.45, 7) is 1.75. The highest BCUT2D eigenvalue weighted by Crippen LogP contribution is 2.28. The zero-order chi connectivity index (χ0) is 13.9. The second kappa shape index (κ2) is 6.54. The maximum Gasteiger partial charge on any atom is 0.252 e. The van der Waals surface area contributed by atoms with Gasteiger partial charge in [-0.1, -0.05) is 0 Å². The van der Waals surface area contributed by atoms with Crippen LogP contribution in [0.4, 0.5) is 0 Å². The van der Waals surface area contributed by atoms with E-state index in [1.807, 2.05) is 0 Å². The van der Waals surface area contributed by atoms with E-state index in [0.29, 0.717) is 35.7 Å². The van der Waals surface area contributed by atoms with Crippen molar-refractivity contribution in [2.75, 3.05) is 26.8 Å². The number of sulfonamides is 1. The van der Waals surface area contributed by atoms with Crippen LogP contribution >= 0.6 is 22.9 Å². The van der Waals surface area contributed by atoms with E-state index in [9.17, 15) is 8.42 Å². The summed E-state index contributed by atoms with van der Waals surface area (Å²) in [7, 11) is -1.71. The lowest BCUT2D eigenvalue weighted by Gasteiger charge is -2.31. The summed E-state index contributed by atoms with van der Waals surface area (Å²) in [6, 6.07) is 1.67. The highest BCUT2D eigenvalue weighted by Gasteiger charge is 2.31. The van der Waals surface area contributed by atoms with E-state index in [1.165, 1.54) is 11.3 Å². The van der Waals surface area contributed by atoms with Crippen molar-refractivity contribution < 1.29 is 13.2 Å². The molecule has 1 unspecified atom stereocenters. The molecule has 19 heavy (non-hydrogen) atoms. The van der Waals surface area contributed by atoms with E-state index in [2.05, 4.69) is 0 Å². The molecule has 2 heterocycles. The van der Waals surface area contributed by atoms with Crippen LogP contribution in [-0.4, -0.2) is 39.5 Å².